The Morgan fingerprint density at radius 2 is 0.692 bits per heavy atom. The van der Waals surface area contributed by atoms with Crippen LogP contribution in [-0.4, -0.2) is 74.9 Å². The molecule has 2 atom stereocenters. The SMILES string of the molecule is CCCCCCCCCCCCCCCCCCCCCCCCC(=O)O[C@H](COC(=O)CCCCCCCCCCCCCCCCCCCCC)COP(=O)(O)OCC[N+](C)(C)C. The molecule has 0 saturated heterocycles. The van der Waals surface area contributed by atoms with Crippen molar-refractivity contribution in [3.05, 3.63) is 0 Å². The molecule has 0 bridgehead atoms. The summed E-state index contributed by atoms with van der Waals surface area (Å²) in [7, 11) is 1.50. The molecule has 0 aromatic rings. The van der Waals surface area contributed by atoms with Gasteiger partial charge in [-0.15, -0.1) is 0 Å². The zero-order chi connectivity index (χ0) is 47.8. The monoisotopic (exact) mass is 945 g/mol. The number of carbonyl (C=O) groups is 2. The molecule has 9 nitrogen and oxygen atoms in total. The van der Waals surface area contributed by atoms with Gasteiger partial charge in [-0.3, -0.25) is 18.6 Å². The highest BCUT2D eigenvalue weighted by Crippen LogP contribution is 2.43. The maximum Gasteiger partial charge on any atom is 0.472 e. The molecule has 0 aromatic heterocycles. The molecule has 0 aromatic carbocycles. The summed E-state index contributed by atoms with van der Waals surface area (Å²) in [4.78, 5) is 35.6. The molecule has 0 spiro atoms. The summed E-state index contributed by atoms with van der Waals surface area (Å²) in [6, 6.07) is 0. The van der Waals surface area contributed by atoms with E-state index >= 15 is 0 Å². The minimum absolute atomic E-state index is 0.0374. The fourth-order valence-electron chi connectivity index (χ4n) is 8.49. The number of unbranched alkanes of at least 4 members (excludes halogenated alkanes) is 39. The van der Waals surface area contributed by atoms with Crippen LogP contribution >= 0.6 is 7.82 Å². The average Bonchev–Trinajstić information content (AvgIpc) is 3.26. The summed E-state index contributed by atoms with van der Waals surface area (Å²) >= 11 is 0. The molecule has 65 heavy (non-hydrogen) atoms. The first-order valence-corrected chi connectivity index (χ1v) is 29.8. The van der Waals surface area contributed by atoms with Crippen molar-refractivity contribution in [3.63, 3.8) is 0 Å². The third-order valence-corrected chi connectivity index (χ3v) is 13.9. The lowest BCUT2D eigenvalue weighted by Crippen LogP contribution is -2.37. The highest BCUT2D eigenvalue weighted by molar-refractivity contribution is 7.47. The number of phosphoric ester groups is 1. The van der Waals surface area contributed by atoms with Gasteiger partial charge in [0.2, 0.25) is 0 Å². The Labute approximate surface area is 404 Å². The van der Waals surface area contributed by atoms with Gasteiger partial charge in [-0.2, -0.15) is 0 Å². The van der Waals surface area contributed by atoms with Gasteiger partial charge in [-0.1, -0.05) is 264 Å². The summed E-state index contributed by atoms with van der Waals surface area (Å²) in [6.45, 7) is 4.50. The third-order valence-electron chi connectivity index (χ3n) is 12.9. The van der Waals surface area contributed by atoms with E-state index in [1.165, 1.54) is 225 Å². The second-order valence-corrected chi connectivity index (χ2v) is 22.1. The number of phosphoric acid groups is 1. The van der Waals surface area contributed by atoms with Crippen molar-refractivity contribution in [1.82, 2.24) is 0 Å². The van der Waals surface area contributed by atoms with Gasteiger partial charge < -0.3 is 18.9 Å². The lowest BCUT2D eigenvalue weighted by molar-refractivity contribution is -0.870. The molecule has 10 heteroatoms. The number of likely N-dealkylation sites (N-methyl/N-ethyl adjacent to an activating group) is 1. The lowest BCUT2D eigenvalue weighted by Gasteiger charge is -2.24. The van der Waals surface area contributed by atoms with E-state index in [4.69, 9.17) is 18.5 Å². The first-order chi connectivity index (χ1) is 31.5. The Morgan fingerprint density at radius 1 is 0.415 bits per heavy atom. The van der Waals surface area contributed by atoms with Crippen molar-refractivity contribution in [1.29, 1.82) is 0 Å². The van der Waals surface area contributed by atoms with E-state index in [9.17, 15) is 19.0 Å². The quantitative estimate of drug-likeness (QED) is 0.0278. The van der Waals surface area contributed by atoms with Crippen LogP contribution in [0.25, 0.3) is 0 Å². The smallest absolute Gasteiger partial charge is 0.462 e. The van der Waals surface area contributed by atoms with Crippen molar-refractivity contribution in [3.8, 4) is 0 Å². The van der Waals surface area contributed by atoms with Crippen molar-refractivity contribution in [2.45, 2.75) is 296 Å². The molecular formula is C55H111NO8P+. The topological polar surface area (TPSA) is 108 Å². The van der Waals surface area contributed by atoms with Crippen molar-refractivity contribution < 1.29 is 42.1 Å². The number of ether oxygens (including phenoxy) is 2. The standard InChI is InChI=1S/C55H110NO8P/c1-6-8-10-12-14-16-18-20-22-24-26-27-28-30-32-34-36-38-40-42-44-46-48-55(58)64-53(52-63-65(59,60)62-50-49-56(3,4)5)51-61-54(57)47-45-43-41-39-37-35-33-31-29-25-23-21-19-17-15-13-11-9-7-2/h53H,6-52H2,1-5H3/p+1/t53-/m1/s1. The predicted molar refractivity (Wildman–Crippen MR) is 275 cm³/mol. The molecule has 0 amide bonds. The maximum absolute atomic E-state index is 12.8. The molecule has 1 unspecified atom stereocenters. The number of esters is 2. The molecular weight excluding hydrogens is 834 g/mol. The maximum atomic E-state index is 12.8. The van der Waals surface area contributed by atoms with Crippen LogP contribution in [0.1, 0.15) is 290 Å². The van der Waals surface area contributed by atoms with Crippen LogP contribution in [0, 0.1) is 0 Å². The summed E-state index contributed by atoms with van der Waals surface area (Å²) in [5.41, 5.74) is 0. The predicted octanol–water partition coefficient (Wildman–Crippen LogP) is 17.1. The summed E-state index contributed by atoms with van der Waals surface area (Å²) in [5, 5.41) is 0. The van der Waals surface area contributed by atoms with Crippen LogP contribution < -0.4 is 0 Å². The highest BCUT2D eigenvalue weighted by Gasteiger charge is 2.27. The molecule has 388 valence electrons. The zero-order valence-electron chi connectivity index (χ0n) is 44.0. The Morgan fingerprint density at radius 3 is 0.985 bits per heavy atom. The van der Waals surface area contributed by atoms with Gasteiger partial charge in [-0.25, -0.2) is 4.57 Å². The van der Waals surface area contributed by atoms with E-state index in [-0.39, 0.29) is 25.6 Å². The van der Waals surface area contributed by atoms with Gasteiger partial charge in [0.25, 0.3) is 0 Å². The van der Waals surface area contributed by atoms with Gasteiger partial charge in [0.1, 0.15) is 19.8 Å². The van der Waals surface area contributed by atoms with Crippen LogP contribution in [0.15, 0.2) is 0 Å². The van der Waals surface area contributed by atoms with Crippen LogP contribution in [0.2, 0.25) is 0 Å². The summed E-state index contributed by atoms with van der Waals surface area (Å²) in [5.74, 6) is -0.774. The molecule has 0 aliphatic heterocycles. The summed E-state index contributed by atoms with van der Waals surface area (Å²) in [6.07, 6.45) is 53.0. The average molecular weight is 945 g/mol. The van der Waals surface area contributed by atoms with E-state index < -0.39 is 26.5 Å². The Bertz CT molecular complexity index is 1070. The lowest BCUT2D eigenvalue weighted by atomic mass is 10.0. The number of nitrogens with zero attached hydrogens (tertiary/aromatic N) is 1. The Hall–Kier alpha value is -0.990. The van der Waals surface area contributed by atoms with Crippen molar-refractivity contribution in [2.75, 3.05) is 47.5 Å². The van der Waals surface area contributed by atoms with Crippen LogP contribution in [0.4, 0.5) is 0 Å². The minimum Gasteiger partial charge on any atom is -0.462 e. The Balaban J connectivity index is 4.13. The van der Waals surface area contributed by atoms with Crippen LogP contribution in [0.3, 0.4) is 0 Å². The molecule has 0 rings (SSSR count). The minimum atomic E-state index is -4.38. The van der Waals surface area contributed by atoms with Crippen LogP contribution in [-0.2, 0) is 32.7 Å². The summed E-state index contributed by atoms with van der Waals surface area (Å²) < 4.78 is 34.6. The van der Waals surface area contributed by atoms with Crippen LogP contribution in [0.5, 0.6) is 0 Å². The number of hydrogen-bond donors (Lipinski definition) is 1. The van der Waals surface area contributed by atoms with Gasteiger partial charge in [0.05, 0.1) is 27.7 Å². The van der Waals surface area contributed by atoms with E-state index in [1.54, 1.807) is 0 Å². The van der Waals surface area contributed by atoms with Gasteiger partial charge in [-0.05, 0) is 12.8 Å². The van der Waals surface area contributed by atoms with E-state index in [1.807, 2.05) is 21.1 Å². The molecule has 0 aliphatic rings. The van der Waals surface area contributed by atoms with E-state index in [0.717, 1.165) is 38.5 Å². The number of carbonyl (C=O) groups excluding carboxylic acids is 2. The largest absolute Gasteiger partial charge is 0.472 e. The second-order valence-electron chi connectivity index (χ2n) is 20.7. The number of quaternary nitrogens is 1. The normalized spacial score (nSPS) is 13.3. The van der Waals surface area contributed by atoms with Gasteiger partial charge in [0, 0.05) is 12.8 Å². The first kappa shape index (κ1) is 64.0. The zero-order valence-corrected chi connectivity index (χ0v) is 44.9. The van der Waals surface area contributed by atoms with Gasteiger partial charge >= 0.3 is 19.8 Å². The Kier molecular flexibility index (Phi) is 47.3. The van der Waals surface area contributed by atoms with E-state index in [2.05, 4.69) is 13.8 Å². The number of rotatable bonds is 53. The second kappa shape index (κ2) is 48.1. The molecule has 0 aliphatic carbocycles. The molecule has 0 radical (unpaired) electrons. The molecule has 0 heterocycles. The van der Waals surface area contributed by atoms with Crippen molar-refractivity contribution >= 4 is 19.8 Å². The third kappa shape index (κ3) is 52.2. The van der Waals surface area contributed by atoms with E-state index in [0.29, 0.717) is 17.4 Å². The molecule has 0 fully saturated rings. The fourth-order valence-corrected chi connectivity index (χ4v) is 9.23. The molecule has 1 N–H and O–H groups in total. The first-order valence-electron chi connectivity index (χ1n) is 28.3. The van der Waals surface area contributed by atoms with Crippen molar-refractivity contribution in [2.24, 2.45) is 0 Å². The fraction of sp³-hybridized carbons (Fsp3) is 0.964. The van der Waals surface area contributed by atoms with Gasteiger partial charge in [0.15, 0.2) is 6.10 Å². The number of hydrogen-bond acceptors (Lipinski definition) is 7. The molecule has 0 saturated carbocycles. The highest BCUT2D eigenvalue weighted by atomic mass is 31.2.